The molecule has 0 aliphatic rings. The molecule has 7 nitrogen and oxygen atoms in total. The Hall–Kier alpha value is -4.13. The fraction of sp³-hybridized carbons (Fsp3) is 0.0870. The standard InChI is InChI=1S/C23H19N3O4/c1-2-29-18-11-8-16(9-12-18)22(27)24-25-23(28)17-10-13-20-19(14-17)21(30-26-20)15-6-4-3-5-7-15/h3-14H,2H2,1H3,(H,24,27)(H,25,28). The van der Waals surface area contributed by atoms with Crippen LogP contribution in [0.2, 0.25) is 0 Å². The van der Waals surface area contributed by atoms with Crippen molar-refractivity contribution in [1.29, 1.82) is 0 Å². The Morgan fingerprint density at radius 1 is 0.900 bits per heavy atom. The Balaban J connectivity index is 1.47. The van der Waals surface area contributed by atoms with Crippen molar-refractivity contribution in [2.75, 3.05) is 6.61 Å². The number of hydrogen-bond donors (Lipinski definition) is 2. The van der Waals surface area contributed by atoms with E-state index in [1.54, 1.807) is 42.5 Å². The molecule has 0 atom stereocenters. The highest BCUT2D eigenvalue weighted by Crippen LogP contribution is 2.29. The highest BCUT2D eigenvalue weighted by molar-refractivity contribution is 6.02. The van der Waals surface area contributed by atoms with Crippen LogP contribution in [0.5, 0.6) is 5.75 Å². The number of nitrogens with one attached hydrogen (secondary N) is 2. The number of rotatable bonds is 5. The smallest absolute Gasteiger partial charge is 0.269 e. The molecule has 150 valence electrons. The molecule has 0 aliphatic carbocycles. The Morgan fingerprint density at radius 2 is 1.57 bits per heavy atom. The largest absolute Gasteiger partial charge is 0.494 e. The van der Waals surface area contributed by atoms with E-state index in [0.29, 0.717) is 40.1 Å². The fourth-order valence-electron chi connectivity index (χ4n) is 3.01. The van der Waals surface area contributed by atoms with Gasteiger partial charge in [0, 0.05) is 16.7 Å². The SMILES string of the molecule is CCOc1ccc(C(=O)NNC(=O)c2ccc3noc(-c4ccccc4)c3c2)cc1. The number of hydrogen-bond acceptors (Lipinski definition) is 5. The minimum absolute atomic E-state index is 0.370. The summed E-state index contributed by atoms with van der Waals surface area (Å²) in [6.45, 7) is 2.43. The molecule has 2 amide bonds. The maximum Gasteiger partial charge on any atom is 0.269 e. The Morgan fingerprint density at radius 3 is 2.27 bits per heavy atom. The number of aromatic nitrogens is 1. The first-order valence-electron chi connectivity index (χ1n) is 9.44. The van der Waals surface area contributed by atoms with Crippen LogP contribution in [-0.4, -0.2) is 23.6 Å². The van der Waals surface area contributed by atoms with Crippen molar-refractivity contribution >= 4 is 22.7 Å². The van der Waals surface area contributed by atoms with E-state index < -0.39 is 11.8 Å². The average molecular weight is 401 g/mol. The van der Waals surface area contributed by atoms with Crippen molar-refractivity contribution in [1.82, 2.24) is 16.0 Å². The van der Waals surface area contributed by atoms with Crippen LogP contribution in [0.1, 0.15) is 27.6 Å². The molecule has 0 bridgehead atoms. The van der Waals surface area contributed by atoms with Crippen molar-refractivity contribution < 1.29 is 18.8 Å². The molecule has 0 fully saturated rings. The van der Waals surface area contributed by atoms with Crippen LogP contribution >= 0.6 is 0 Å². The molecule has 4 rings (SSSR count). The lowest BCUT2D eigenvalue weighted by Crippen LogP contribution is -2.41. The number of carbonyl (C=O) groups excluding carboxylic acids is 2. The van der Waals surface area contributed by atoms with Gasteiger partial charge < -0.3 is 9.26 Å². The van der Waals surface area contributed by atoms with Gasteiger partial charge in [-0.05, 0) is 49.4 Å². The van der Waals surface area contributed by atoms with Crippen LogP contribution in [0.3, 0.4) is 0 Å². The zero-order valence-corrected chi connectivity index (χ0v) is 16.2. The zero-order chi connectivity index (χ0) is 20.9. The molecule has 0 radical (unpaired) electrons. The molecule has 0 spiro atoms. The minimum atomic E-state index is -0.448. The molecular weight excluding hydrogens is 382 g/mol. The van der Waals surface area contributed by atoms with Gasteiger partial charge in [-0.15, -0.1) is 0 Å². The van der Waals surface area contributed by atoms with E-state index >= 15 is 0 Å². The van der Waals surface area contributed by atoms with Crippen LogP contribution in [0, 0.1) is 0 Å². The van der Waals surface area contributed by atoms with Gasteiger partial charge in [-0.1, -0.05) is 35.5 Å². The molecule has 0 saturated heterocycles. The first-order valence-corrected chi connectivity index (χ1v) is 9.44. The molecule has 30 heavy (non-hydrogen) atoms. The third-order valence-electron chi connectivity index (χ3n) is 4.49. The number of amides is 2. The van der Waals surface area contributed by atoms with E-state index in [-0.39, 0.29) is 0 Å². The Bertz CT molecular complexity index is 1180. The van der Waals surface area contributed by atoms with Crippen LogP contribution in [0.15, 0.2) is 77.3 Å². The zero-order valence-electron chi connectivity index (χ0n) is 16.2. The summed E-state index contributed by atoms with van der Waals surface area (Å²) in [4.78, 5) is 24.8. The normalized spacial score (nSPS) is 10.6. The highest BCUT2D eigenvalue weighted by Gasteiger charge is 2.15. The molecule has 3 aromatic carbocycles. The third kappa shape index (κ3) is 4.00. The van der Waals surface area contributed by atoms with Crippen molar-refractivity contribution in [3.8, 4) is 17.1 Å². The maximum atomic E-state index is 12.5. The second-order valence-corrected chi connectivity index (χ2v) is 6.48. The van der Waals surface area contributed by atoms with Gasteiger partial charge in [0.05, 0.1) is 12.0 Å². The molecule has 0 saturated carbocycles. The second kappa shape index (κ2) is 8.48. The maximum absolute atomic E-state index is 12.5. The topological polar surface area (TPSA) is 93.5 Å². The predicted molar refractivity (Wildman–Crippen MR) is 112 cm³/mol. The number of carbonyl (C=O) groups is 2. The van der Waals surface area contributed by atoms with E-state index in [1.165, 1.54) is 0 Å². The number of nitrogens with zero attached hydrogens (tertiary/aromatic N) is 1. The van der Waals surface area contributed by atoms with Crippen molar-refractivity contribution in [3.05, 3.63) is 83.9 Å². The molecule has 4 aromatic rings. The summed E-state index contributed by atoms with van der Waals surface area (Å²) in [7, 11) is 0. The van der Waals surface area contributed by atoms with Gasteiger partial charge in [0.1, 0.15) is 11.3 Å². The Labute approximate surface area is 172 Å². The summed E-state index contributed by atoms with van der Waals surface area (Å²) in [5, 5.41) is 4.76. The predicted octanol–water partition coefficient (Wildman–Crippen LogP) is 3.97. The first-order chi connectivity index (χ1) is 14.7. The second-order valence-electron chi connectivity index (χ2n) is 6.48. The van der Waals surface area contributed by atoms with Crippen molar-refractivity contribution in [3.63, 3.8) is 0 Å². The number of ether oxygens (including phenoxy) is 1. The lowest BCUT2D eigenvalue weighted by atomic mass is 10.1. The number of fused-ring (bicyclic) bond motifs is 1. The van der Waals surface area contributed by atoms with Gasteiger partial charge >= 0.3 is 0 Å². The summed E-state index contributed by atoms with van der Waals surface area (Å²) in [6, 6.07) is 21.2. The van der Waals surface area contributed by atoms with Crippen LogP contribution in [0.4, 0.5) is 0 Å². The molecule has 7 heteroatoms. The van der Waals surface area contributed by atoms with Crippen LogP contribution < -0.4 is 15.6 Å². The molecule has 0 aliphatic heterocycles. The van der Waals surface area contributed by atoms with E-state index in [4.69, 9.17) is 9.26 Å². The summed E-state index contributed by atoms with van der Waals surface area (Å²) in [5.74, 6) is 0.381. The highest BCUT2D eigenvalue weighted by atomic mass is 16.5. The average Bonchev–Trinajstić information content (AvgIpc) is 3.22. The fourth-order valence-corrected chi connectivity index (χ4v) is 3.01. The third-order valence-corrected chi connectivity index (χ3v) is 4.49. The number of hydrazine groups is 1. The molecule has 2 N–H and O–H groups in total. The van der Waals surface area contributed by atoms with E-state index in [1.807, 2.05) is 37.3 Å². The van der Waals surface area contributed by atoms with Gasteiger partial charge in [0.25, 0.3) is 11.8 Å². The van der Waals surface area contributed by atoms with Crippen molar-refractivity contribution in [2.45, 2.75) is 6.92 Å². The van der Waals surface area contributed by atoms with Gasteiger partial charge in [-0.2, -0.15) is 0 Å². The number of benzene rings is 3. The van der Waals surface area contributed by atoms with Crippen LogP contribution in [-0.2, 0) is 0 Å². The quantitative estimate of drug-likeness (QED) is 0.494. The lowest BCUT2D eigenvalue weighted by molar-refractivity contribution is 0.0846. The van der Waals surface area contributed by atoms with Crippen LogP contribution in [0.25, 0.3) is 22.2 Å². The molecular formula is C23H19N3O4. The van der Waals surface area contributed by atoms with E-state index in [0.717, 1.165) is 5.56 Å². The summed E-state index contributed by atoms with van der Waals surface area (Å²) < 4.78 is 10.8. The summed E-state index contributed by atoms with van der Waals surface area (Å²) in [5.41, 5.74) is 7.13. The minimum Gasteiger partial charge on any atom is -0.494 e. The van der Waals surface area contributed by atoms with Gasteiger partial charge in [-0.25, -0.2) is 0 Å². The first kappa shape index (κ1) is 19.2. The van der Waals surface area contributed by atoms with E-state index in [9.17, 15) is 9.59 Å². The summed E-state index contributed by atoms with van der Waals surface area (Å²) in [6.07, 6.45) is 0. The monoisotopic (exact) mass is 401 g/mol. The van der Waals surface area contributed by atoms with Gasteiger partial charge in [0.15, 0.2) is 5.76 Å². The molecule has 0 unspecified atom stereocenters. The van der Waals surface area contributed by atoms with Gasteiger partial charge in [-0.3, -0.25) is 20.4 Å². The molecule has 1 heterocycles. The molecule has 1 aromatic heterocycles. The van der Waals surface area contributed by atoms with Crippen molar-refractivity contribution in [2.24, 2.45) is 0 Å². The van der Waals surface area contributed by atoms with Gasteiger partial charge in [0.2, 0.25) is 0 Å². The van der Waals surface area contributed by atoms with E-state index in [2.05, 4.69) is 16.0 Å². The summed E-state index contributed by atoms with van der Waals surface area (Å²) >= 11 is 0. The Kier molecular flexibility index (Phi) is 5.43. The lowest BCUT2D eigenvalue weighted by Gasteiger charge is -2.08.